The topological polar surface area (TPSA) is 86.8 Å². The first kappa shape index (κ1) is 26.4. The van der Waals surface area contributed by atoms with E-state index in [-0.39, 0.29) is 25.0 Å². The first-order valence-corrected chi connectivity index (χ1v) is 13.1. The van der Waals surface area contributed by atoms with Crippen molar-refractivity contribution in [3.05, 3.63) is 65.7 Å². The van der Waals surface area contributed by atoms with Crippen LogP contribution in [0, 0.1) is 6.92 Å². The fourth-order valence-electron chi connectivity index (χ4n) is 3.46. The number of carbonyl (C=O) groups is 2. The van der Waals surface area contributed by atoms with Crippen molar-refractivity contribution in [3.8, 4) is 0 Å². The van der Waals surface area contributed by atoms with Gasteiger partial charge in [0, 0.05) is 12.6 Å². The van der Waals surface area contributed by atoms with Crippen molar-refractivity contribution >= 4 is 27.5 Å². The average Bonchev–Trinajstić information content (AvgIpc) is 2.78. The van der Waals surface area contributed by atoms with Gasteiger partial charge in [0.05, 0.1) is 11.9 Å². The predicted molar refractivity (Wildman–Crippen MR) is 132 cm³/mol. The van der Waals surface area contributed by atoms with Crippen molar-refractivity contribution in [1.82, 2.24) is 10.2 Å². The second-order valence-electron chi connectivity index (χ2n) is 8.35. The molecule has 33 heavy (non-hydrogen) atoms. The first-order chi connectivity index (χ1) is 15.6. The Morgan fingerprint density at radius 1 is 0.970 bits per heavy atom. The molecule has 2 aromatic rings. The summed E-state index contributed by atoms with van der Waals surface area (Å²) in [6.07, 6.45) is 2.25. The third-order valence-corrected chi connectivity index (χ3v) is 6.72. The van der Waals surface area contributed by atoms with E-state index in [2.05, 4.69) is 5.32 Å². The lowest BCUT2D eigenvalue weighted by molar-refractivity contribution is -0.140. The number of hydrogen-bond acceptors (Lipinski definition) is 4. The summed E-state index contributed by atoms with van der Waals surface area (Å²) in [7, 11) is -3.72. The lowest BCUT2D eigenvalue weighted by Gasteiger charge is -2.33. The molecule has 8 heteroatoms. The number of nitrogens with one attached hydrogen (secondary N) is 1. The normalized spacial score (nSPS) is 13.1. The highest BCUT2D eigenvalue weighted by molar-refractivity contribution is 7.92. The van der Waals surface area contributed by atoms with Crippen LogP contribution in [0.15, 0.2) is 54.6 Å². The highest BCUT2D eigenvalue weighted by Gasteiger charge is 2.32. The molecule has 2 aromatic carbocycles. The number of anilines is 1. The molecular weight excluding hydrogens is 438 g/mol. The Morgan fingerprint density at radius 2 is 1.58 bits per heavy atom. The molecule has 2 rings (SSSR count). The number of nitrogens with zero attached hydrogens (tertiary/aromatic N) is 2. The van der Waals surface area contributed by atoms with Crippen molar-refractivity contribution in [3.63, 3.8) is 0 Å². The Balaban J connectivity index is 2.40. The number of aryl methyl sites for hydroxylation is 1. The van der Waals surface area contributed by atoms with Crippen molar-refractivity contribution in [2.75, 3.05) is 17.1 Å². The van der Waals surface area contributed by atoms with E-state index in [1.807, 2.05) is 52.0 Å². The van der Waals surface area contributed by atoms with Crippen LogP contribution in [0.5, 0.6) is 0 Å². The van der Waals surface area contributed by atoms with Gasteiger partial charge in [-0.05, 0) is 44.4 Å². The maximum atomic E-state index is 13.5. The summed E-state index contributed by atoms with van der Waals surface area (Å²) in [6, 6.07) is 15.5. The molecule has 1 N–H and O–H groups in total. The molecule has 2 amide bonds. The van der Waals surface area contributed by atoms with Crippen LogP contribution in [0.25, 0.3) is 0 Å². The van der Waals surface area contributed by atoms with Gasteiger partial charge in [-0.25, -0.2) is 8.42 Å². The van der Waals surface area contributed by atoms with Crippen LogP contribution in [0.1, 0.15) is 44.7 Å². The molecule has 0 aliphatic heterocycles. The summed E-state index contributed by atoms with van der Waals surface area (Å²) in [5.74, 6) is -0.672. The second kappa shape index (κ2) is 11.8. The second-order valence-corrected chi connectivity index (χ2v) is 10.3. The lowest BCUT2D eigenvalue weighted by atomic mass is 10.1. The number of hydrogen-bond donors (Lipinski definition) is 1. The number of rotatable bonds is 11. The minimum Gasteiger partial charge on any atom is -0.352 e. The van der Waals surface area contributed by atoms with Crippen molar-refractivity contribution < 1.29 is 18.0 Å². The third-order valence-electron chi connectivity index (χ3n) is 5.58. The predicted octanol–water partition coefficient (Wildman–Crippen LogP) is 3.48. The summed E-state index contributed by atoms with van der Waals surface area (Å²) < 4.78 is 26.1. The van der Waals surface area contributed by atoms with Gasteiger partial charge in [0.2, 0.25) is 21.8 Å². The van der Waals surface area contributed by atoms with Crippen molar-refractivity contribution in [2.45, 2.75) is 59.2 Å². The van der Waals surface area contributed by atoms with Crippen LogP contribution in [0.2, 0.25) is 0 Å². The quantitative estimate of drug-likeness (QED) is 0.541. The molecule has 0 radical (unpaired) electrons. The molecule has 0 spiro atoms. The Hall–Kier alpha value is -2.87. The Morgan fingerprint density at radius 3 is 2.09 bits per heavy atom. The zero-order valence-electron chi connectivity index (χ0n) is 20.1. The zero-order valence-corrected chi connectivity index (χ0v) is 20.9. The van der Waals surface area contributed by atoms with E-state index in [9.17, 15) is 18.0 Å². The molecule has 180 valence electrons. The molecule has 2 unspecified atom stereocenters. The maximum absolute atomic E-state index is 13.5. The van der Waals surface area contributed by atoms with Crippen LogP contribution in [0.3, 0.4) is 0 Å². The van der Waals surface area contributed by atoms with Gasteiger partial charge in [-0.15, -0.1) is 0 Å². The van der Waals surface area contributed by atoms with E-state index >= 15 is 0 Å². The van der Waals surface area contributed by atoms with E-state index in [1.54, 1.807) is 30.3 Å². The molecule has 0 saturated heterocycles. The van der Waals surface area contributed by atoms with Gasteiger partial charge in [0.15, 0.2) is 0 Å². The van der Waals surface area contributed by atoms with E-state index in [0.717, 1.165) is 28.1 Å². The fourth-order valence-corrected chi connectivity index (χ4v) is 4.31. The lowest BCUT2D eigenvalue weighted by Crippen LogP contribution is -2.53. The van der Waals surface area contributed by atoms with Gasteiger partial charge in [-0.1, -0.05) is 61.9 Å². The third kappa shape index (κ3) is 7.60. The van der Waals surface area contributed by atoms with Gasteiger partial charge in [-0.2, -0.15) is 0 Å². The van der Waals surface area contributed by atoms with Crippen molar-refractivity contribution in [2.24, 2.45) is 0 Å². The van der Waals surface area contributed by atoms with E-state index < -0.39 is 22.0 Å². The SMILES string of the molecule is CCC(C)NC(=O)C(CC)N(Cc1ccc(C)cc1)C(=O)CN(c1ccccc1)S(C)(=O)=O. The first-order valence-electron chi connectivity index (χ1n) is 11.2. The number of para-hydroxylation sites is 1. The van der Waals surface area contributed by atoms with Crippen molar-refractivity contribution in [1.29, 1.82) is 0 Å². The Bertz CT molecular complexity index is 1020. The van der Waals surface area contributed by atoms with Crippen LogP contribution < -0.4 is 9.62 Å². The van der Waals surface area contributed by atoms with Gasteiger partial charge < -0.3 is 10.2 Å². The highest BCUT2D eigenvalue weighted by Crippen LogP contribution is 2.19. The van der Waals surface area contributed by atoms with Gasteiger partial charge in [-0.3, -0.25) is 13.9 Å². The minimum atomic E-state index is -3.72. The molecule has 0 fully saturated rings. The molecule has 7 nitrogen and oxygen atoms in total. The number of benzene rings is 2. The molecule has 0 bridgehead atoms. The molecule has 0 aliphatic rings. The van der Waals surface area contributed by atoms with Crippen LogP contribution in [0.4, 0.5) is 5.69 Å². The Kier molecular flexibility index (Phi) is 9.46. The van der Waals surface area contributed by atoms with Crippen LogP contribution >= 0.6 is 0 Å². The minimum absolute atomic E-state index is 0.0280. The van der Waals surface area contributed by atoms with Gasteiger partial charge in [0.25, 0.3) is 0 Å². The smallest absolute Gasteiger partial charge is 0.244 e. The Labute approximate surface area is 197 Å². The van der Waals surface area contributed by atoms with E-state index in [1.165, 1.54) is 4.90 Å². The summed E-state index contributed by atoms with van der Waals surface area (Å²) in [5, 5.41) is 2.96. The van der Waals surface area contributed by atoms with Crippen LogP contribution in [-0.4, -0.2) is 50.0 Å². The highest BCUT2D eigenvalue weighted by atomic mass is 32.2. The number of sulfonamides is 1. The summed E-state index contributed by atoms with van der Waals surface area (Å²) in [5.41, 5.74) is 2.36. The molecular formula is C25H35N3O4S. The molecule has 0 aliphatic carbocycles. The molecule has 0 saturated carbocycles. The summed E-state index contributed by atoms with van der Waals surface area (Å²) >= 11 is 0. The van der Waals surface area contributed by atoms with Crippen LogP contribution in [-0.2, 0) is 26.2 Å². The molecule has 0 heterocycles. The van der Waals surface area contributed by atoms with E-state index in [4.69, 9.17) is 0 Å². The summed E-state index contributed by atoms with van der Waals surface area (Å²) in [4.78, 5) is 28.1. The van der Waals surface area contributed by atoms with E-state index in [0.29, 0.717) is 12.1 Å². The number of amides is 2. The van der Waals surface area contributed by atoms with Gasteiger partial charge in [0.1, 0.15) is 12.6 Å². The molecule has 2 atom stereocenters. The fraction of sp³-hybridized carbons (Fsp3) is 0.440. The monoisotopic (exact) mass is 473 g/mol. The average molecular weight is 474 g/mol. The number of carbonyl (C=O) groups excluding carboxylic acids is 2. The standard InChI is InChI=1S/C25H35N3O4S/c1-6-20(4)26-25(30)23(7-2)27(17-21-15-13-19(3)14-16-21)24(29)18-28(33(5,31)32)22-11-9-8-10-12-22/h8-16,20,23H,6-7,17-18H2,1-5H3,(H,26,30). The van der Waals surface area contributed by atoms with Gasteiger partial charge >= 0.3 is 0 Å². The summed E-state index contributed by atoms with van der Waals surface area (Å²) in [6.45, 7) is 7.54. The molecule has 0 aromatic heterocycles. The zero-order chi connectivity index (χ0) is 24.6. The maximum Gasteiger partial charge on any atom is 0.244 e. The largest absolute Gasteiger partial charge is 0.352 e.